The Morgan fingerprint density at radius 1 is 1.46 bits per heavy atom. The molecule has 0 amide bonds. The van der Waals surface area contributed by atoms with Gasteiger partial charge in [0.25, 0.3) is 0 Å². The zero-order valence-corrected chi connectivity index (χ0v) is 7.41. The molecule has 1 aromatic rings. The van der Waals surface area contributed by atoms with Gasteiger partial charge in [-0.2, -0.15) is 0 Å². The topological polar surface area (TPSA) is 46.2 Å². The largest absolute Gasteiger partial charge is 0.377 e. The third kappa shape index (κ3) is 2.71. The van der Waals surface area contributed by atoms with Gasteiger partial charge in [-0.05, 0) is 19.1 Å². The fraction of sp³-hybridized carbons (Fsp3) is 0.200. The number of aldehydes is 1. The zero-order valence-electron chi connectivity index (χ0n) is 7.41. The van der Waals surface area contributed by atoms with Crippen molar-refractivity contribution in [3.05, 3.63) is 29.8 Å². The molecule has 13 heavy (non-hydrogen) atoms. The molecule has 68 valence electrons. The third-order valence-electron chi connectivity index (χ3n) is 1.62. The van der Waals surface area contributed by atoms with Crippen LogP contribution >= 0.6 is 0 Å². The predicted molar refractivity (Wildman–Crippen MR) is 51.0 cm³/mol. The molecule has 0 fully saturated rings. The van der Waals surface area contributed by atoms with E-state index < -0.39 is 0 Å². The van der Waals surface area contributed by atoms with Crippen LogP contribution in [-0.2, 0) is 4.79 Å². The monoisotopic (exact) mass is 177 g/mol. The normalized spacial score (nSPS) is 9.31. The van der Waals surface area contributed by atoms with Crippen LogP contribution in [0.3, 0.4) is 0 Å². The molecule has 1 aromatic carbocycles. The van der Waals surface area contributed by atoms with Crippen molar-refractivity contribution in [1.82, 2.24) is 0 Å². The summed E-state index contributed by atoms with van der Waals surface area (Å²) in [7, 11) is 0. The minimum Gasteiger partial charge on any atom is -0.377 e. The second kappa shape index (κ2) is 4.40. The first kappa shape index (κ1) is 9.45. The molecule has 0 atom stereocenters. The minimum atomic E-state index is 0.0423. The zero-order chi connectivity index (χ0) is 9.68. The molecule has 3 heteroatoms. The van der Waals surface area contributed by atoms with E-state index in [1.165, 1.54) is 6.92 Å². The van der Waals surface area contributed by atoms with Crippen LogP contribution in [-0.4, -0.2) is 18.6 Å². The maximum Gasteiger partial charge on any atom is 0.152 e. The van der Waals surface area contributed by atoms with Crippen LogP contribution in [0.25, 0.3) is 0 Å². The molecule has 1 N–H and O–H groups in total. The summed E-state index contributed by atoms with van der Waals surface area (Å²) < 4.78 is 0. The molecule has 0 aromatic heterocycles. The van der Waals surface area contributed by atoms with Gasteiger partial charge < -0.3 is 5.32 Å². The van der Waals surface area contributed by atoms with E-state index in [1.807, 2.05) is 6.07 Å². The second-order valence-corrected chi connectivity index (χ2v) is 2.76. The highest BCUT2D eigenvalue weighted by Gasteiger charge is 1.99. The Balaban J connectivity index is 2.75. The minimum absolute atomic E-state index is 0.0423. The van der Waals surface area contributed by atoms with Crippen molar-refractivity contribution >= 4 is 17.8 Å². The highest BCUT2D eigenvalue weighted by molar-refractivity contribution is 5.86. The van der Waals surface area contributed by atoms with Gasteiger partial charge >= 0.3 is 0 Å². The Morgan fingerprint density at radius 2 is 2.15 bits per heavy atom. The number of carbonyl (C=O) groups is 2. The van der Waals surface area contributed by atoms with E-state index in [4.69, 9.17) is 0 Å². The van der Waals surface area contributed by atoms with E-state index in [2.05, 4.69) is 5.32 Å². The molecule has 3 nitrogen and oxygen atoms in total. The van der Waals surface area contributed by atoms with Crippen molar-refractivity contribution < 1.29 is 9.59 Å². The fourth-order valence-corrected chi connectivity index (χ4v) is 0.980. The standard InChI is InChI=1S/C10H11NO2/c1-8(13)6-11-10-5-3-2-4-9(10)7-12/h2-5,7,11H,6H2,1H3. The van der Waals surface area contributed by atoms with Crippen LogP contribution in [0.1, 0.15) is 17.3 Å². The van der Waals surface area contributed by atoms with Gasteiger partial charge in [0, 0.05) is 11.3 Å². The van der Waals surface area contributed by atoms with Crippen LogP contribution in [0.2, 0.25) is 0 Å². The quantitative estimate of drug-likeness (QED) is 0.709. The molecule has 0 bridgehead atoms. The lowest BCUT2D eigenvalue weighted by molar-refractivity contribution is -0.115. The number of rotatable bonds is 4. The van der Waals surface area contributed by atoms with Crippen molar-refractivity contribution in [2.75, 3.05) is 11.9 Å². The van der Waals surface area contributed by atoms with Crippen LogP contribution in [0, 0.1) is 0 Å². The van der Waals surface area contributed by atoms with Gasteiger partial charge in [0.2, 0.25) is 0 Å². The molecule has 0 aliphatic heterocycles. The van der Waals surface area contributed by atoms with E-state index in [9.17, 15) is 9.59 Å². The Labute approximate surface area is 76.8 Å². The maximum atomic E-state index is 10.7. The average Bonchev–Trinajstić information content (AvgIpc) is 2.15. The summed E-state index contributed by atoms with van der Waals surface area (Å²) >= 11 is 0. The van der Waals surface area contributed by atoms with Gasteiger partial charge in [0.15, 0.2) is 6.29 Å². The molecule has 0 aliphatic carbocycles. The van der Waals surface area contributed by atoms with Crippen molar-refractivity contribution in [2.45, 2.75) is 6.92 Å². The number of carbonyl (C=O) groups excluding carboxylic acids is 2. The van der Waals surface area contributed by atoms with Gasteiger partial charge in [-0.25, -0.2) is 0 Å². The number of nitrogens with one attached hydrogen (secondary N) is 1. The van der Waals surface area contributed by atoms with Crippen LogP contribution in [0.5, 0.6) is 0 Å². The average molecular weight is 177 g/mol. The number of hydrogen-bond acceptors (Lipinski definition) is 3. The molecule has 0 heterocycles. The second-order valence-electron chi connectivity index (χ2n) is 2.76. The van der Waals surface area contributed by atoms with Crippen molar-refractivity contribution in [2.24, 2.45) is 0 Å². The van der Waals surface area contributed by atoms with E-state index in [0.29, 0.717) is 11.3 Å². The Bertz CT molecular complexity index is 320. The van der Waals surface area contributed by atoms with Gasteiger partial charge in [0.1, 0.15) is 5.78 Å². The van der Waals surface area contributed by atoms with E-state index >= 15 is 0 Å². The first-order valence-corrected chi connectivity index (χ1v) is 4.01. The van der Waals surface area contributed by atoms with Gasteiger partial charge in [0.05, 0.1) is 6.54 Å². The number of hydrogen-bond donors (Lipinski definition) is 1. The molecule has 0 aliphatic rings. The summed E-state index contributed by atoms with van der Waals surface area (Å²) in [5, 5.41) is 2.88. The number of benzene rings is 1. The Kier molecular flexibility index (Phi) is 3.20. The maximum absolute atomic E-state index is 10.7. The first-order chi connectivity index (χ1) is 6.24. The highest BCUT2D eigenvalue weighted by atomic mass is 16.1. The predicted octanol–water partition coefficient (Wildman–Crippen LogP) is 1.50. The van der Waals surface area contributed by atoms with E-state index in [1.54, 1.807) is 18.2 Å². The Morgan fingerprint density at radius 3 is 2.77 bits per heavy atom. The van der Waals surface area contributed by atoms with Crippen LogP contribution in [0.4, 0.5) is 5.69 Å². The molecule has 1 rings (SSSR count). The molecule has 0 saturated carbocycles. The van der Waals surface area contributed by atoms with E-state index in [0.717, 1.165) is 6.29 Å². The summed E-state index contributed by atoms with van der Waals surface area (Å²) in [5.41, 5.74) is 1.27. The summed E-state index contributed by atoms with van der Waals surface area (Å²) in [6.45, 7) is 1.75. The lowest BCUT2D eigenvalue weighted by Gasteiger charge is -2.05. The molecular weight excluding hydrogens is 166 g/mol. The van der Waals surface area contributed by atoms with Crippen LogP contribution < -0.4 is 5.32 Å². The number of anilines is 1. The molecule has 0 radical (unpaired) electrons. The summed E-state index contributed by atoms with van der Waals surface area (Å²) in [5.74, 6) is 0.0423. The first-order valence-electron chi connectivity index (χ1n) is 4.01. The molecular formula is C10H11NO2. The van der Waals surface area contributed by atoms with E-state index in [-0.39, 0.29) is 12.3 Å². The molecule has 0 spiro atoms. The van der Waals surface area contributed by atoms with Crippen molar-refractivity contribution in [3.63, 3.8) is 0 Å². The summed E-state index contributed by atoms with van der Waals surface area (Å²) in [6, 6.07) is 7.07. The van der Waals surface area contributed by atoms with Crippen LogP contribution in [0.15, 0.2) is 24.3 Å². The lowest BCUT2D eigenvalue weighted by Crippen LogP contribution is -2.10. The van der Waals surface area contributed by atoms with Crippen molar-refractivity contribution in [1.29, 1.82) is 0 Å². The van der Waals surface area contributed by atoms with Gasteiger partial charge in [-0.15, -0.1) is 0 Å². The smallest absolute Gasteiger partial charge is 0.152 e. The highest BCUT2D eigenvalue weighted by Crippen LogP contribution is 2.11. The lowest BCUT2D eigenvalue weighted by atomic mass is 10.2. The number of para-hydroxylation sites is 1. The van der Waals surface area contributed by atoms with Crippen molar-refractivity contribution in [3.8, 4) is 0 Å². The number of ketones is 1. The fourth-order valence-electron chi connectivity index (χ4n) is 0.980. The SMILES string of the molecule is CC(=O)CNc1ccccc1C=O. The Hall–Kier alpha value is -1.64. The third-order valence-corrected chi connectivity index (χ3v) is 1.62. The molecule has 0 unspecified atom stereocenters. The van der Waals surface area contributed by atoms with Gasteiger partial charge in [-0.1, -0.05) is 12.1 Å². The summed E-state index contributed by atoms with van der Waals surface area (Å²) in [4.78, 5) is 21.2. The number of Topliss-reactive ketones (excluding diaryl/α,β-unsaturated/α-hetero) is 1. The van der Waals surface area contributed by atoms with Gasteiger partial charge in [-0.3, -0.25) is 9.59 Å². The molecule has 0 saturated heterocycles. The summed E-state index contributed by atoms with van der Waals surface area (Å²) in [6.07, 6.45) is 0.766.